The number of methoxy groups -OCH3 is 1. The third-order valence-electron chi connectivity index (χ3n) is 4.94. The SMILES string of the molecule is CCC(=O)N(C)CC(=O)N1N=C(c2ccc(OC)cc2)C[C@@H]1c1ccc(F)cc1. The lowest BCUT2D eigenvalue weighted by Gasteiger charge is -2.24. The molecule has 0 bridgehead atoms. The zero-order valence-electron chi connectivity index (χ0n) is 16.8. The Hall–Kier alpha value is -3.22. The maximum atomic E-state index is 13.4. The van der Waals surface area contributed by atoms with Crippen molar-refractivity contribution < 1.29 is 18.7 Å². The number of benzene rings is 2. The minimum absolute atomic E-state index is 0.0657. The Labute approximate surface area is 169 Å². The molecular formula is C22H24FN3O3. The van der Waals surface area contributed by atoms with E-state index in [0.29, 0.717) is 12.8 Å². The number of hydrogen-bond donors (Lipinski definition) is 0. The molecule has 2 aromatic carbocycles. The average molecular weight is 397 g/mol. The third kappa shape index (κ3) is 4.62. The zero-order chi connectivity index (χ0) is 21.0. The fraction of sp³-hybridized carbons (Fsp3) is 0.318. The van der Waals surface area contributed by atoms with Crippen molar-refractivity contribution in [3.63, 3.8) is 0 Å². The van der Waals surface area contributed by atoms with Crippen LogP contribution < -0.4 is 4.74 Å². The molecule has 0 unspecified atom stereocenters. The van der Waals surface area contributed by atoms with Gasteiger partial charge in [0.2, 0.25) is 5.91 Å². The second kappa shape index (κ2) is 8.86. The van der Waals surface area contributed by atoms with Crippen molar-refractivity contribution in [3.8, 4) is 5.75 Å². The second-order valence-corrected chi connectivity index (χ2v) is 6.89. The molecular weight excluding hydrogens is 373 g/mol. The monoisotopic (exact) mass is 397 g/mol. The van der Waals surface area contributed by atoms with Gasteiger partial charge in [-0.3, -0.25) is 9.59 Å². The molecule has 0 spiro atoms. The first kappa shape index (κ1) is 20.5. The number of nitrogens with zero attached hydrogens (tertiary/aromatic N) is 3. The van der Waals surface area contributed by atoms with E-state index >= 15 is 0 Å². The molecule has 6 nitrogen and oxygen atoms in total. The van der Waals surface area contributed by atoms with E-state index in [4.69, 9.17) is 4.74 Å². The summed E-state index contributed by atoms with van der Waals surface area (Å²) in [5, 5.41) is 5.97. The number of hydrogen-bond acceptors (Lipinski definition) is 4. The van der Waals surface area contributed by atoms with Gasteiger partial charge in [-0.15, -0.1) is 0 Å². The van der Waals surface area contributed by atoms with E-state index in [-0.39, 0.29) is 30.2 Å². The fourth-order valence-electron chi connectivity index (χ4n) is 3.28. The summed E-state index contributed by atoms with van der Waals surface area (Å²) in [5.41, 5.74) is 2.42. The maximum absolute atomic E-state index is 13.4. The highest BCUT2D eigenvalue weighted by molar-refractivity contribution is 6.03. The van der Waals surface area contributed by atoms with Crippen LogP contribution in [0.15, 0.2) is 53.6 Å². The molecule has 0 saturated carbocycles. The van der Waals surface area contributed by atoms with Crippen LogP contribution in [0.1, 0.15) is 36.9 Å². The second-order valence-electron chi connectivity index (χ2n) is 6.89. The summed E-state index contributed by atoms with van der Waals surface area (Å²) in [7, 11) is 3.20. The summed E-state index contributed by atoms with van der Waals surface area (Å²) in [6, 6.07) is 13.2. The number of hydrazone groups is 1. The number of carbonyl (C=O) groups excluding carboxylic acids is 2. The van der Waals surface area contributed by atoms with Crippen LogP contribution in [0.2, 0.25) is 0 Å². The summed E-state index contributed by atoms with van der Waals surface area (Å²) in [6.45, 7) is 1.68. The van der Waals surface area contributed by atoms with Gasteiger partial charge in [0.1, 0.15) is 18.1 Å². The molecule has 3 rings (SSSR count). The molecule has 0 radical (unpaired) electrons. The highest BCUT2D eigenvalue weighted by atomic mass is 19.1. The van der Waals surface area contributed by atoms with Crippen LogP contribution in [-0.4, -0.2) is 48.1 Å². The van der Waals surface area contributed by atoms with E-state index in [9.17, 15) is 14.0 Å². The molecule has 1 atom stereocenters. The highest BCUT2D eigenvalue weighted by Crippen LogP contribution is 2.33. The highest BCUT2D eigenvalue weighted by Gasteiger charge is 2.33. The quantitative estimate of drug-likeness (QED) is 0.751. The van der Waals surface area contributed by atoms with Crippen molar-refractivity contribution in [2.24, 2.45) is 5.10 Å². The lowest BCUT2D eigenvalue weighted by Crippen LogP contribution is -2.39. The van der Waals surface area contributed by atoms with Crippen molar-refractivity contribution in [1.29, 1.82) is 0 Å². The molecule has 0 aliphatic carbocycles. The molecule has 2 aromatic rings. The van der Waals surface area contributed by atoms with E-state index in [0.717, 1.165) is 22.6 Å². The standard InChI is InChI=1S/C22H24FN3O3/c1-4-21(27)25(2)14-22(28)26-20(16-5-9-17(23)10-6-16)13-19(24-26)15-7-11-18(29-3)12-8-15/h5-12,20H,4,13-14H2,1-3H3/t20-/m1/s1. The lowest BCUT2D eigenvalue weighted by molar-refractivity contribution is -0.140. The Morgan fingerprint density at radius 2 is 1.83 bits per heavy atom. The average Bonchev–Trinajstić information content (AvgIpc) is 3.19. The van der Waals surface area contributed by atoms with Crippen LogP contribution >= 0.6 is 0 Å². The molecule has 1 heterocycles. The number of rotatable bonds is 6. The minimum atomic E-state index is -0.356. The van der Waals surface area contributed by atoms with Crippen molar-refractivity contribution in [2.45, 2.75) is 25.8 Å². The summed E-state index contributed by atoms with van der Waals surface area (Å²) in [5.74, 6) is -0.00774. The van der Waals surface area contributed by atoms with E-state index in [1.54, 1.807) is 33.2 Å². The van der Waals surface area contributed by atoms with E-state index < -0.39 is 0 Å². The fourth-order valence-corrected chi connectivity index (χ4v) is 3.28. The van der Waals surface area contributed by atoms with Gasteiger partial charge in [0, 0.05) is 19.9 Å². The van der Waals surface area contributed by atoms with Crippen molar-refractivity contribution in [1.82, 2.24) is 9.91 Å². The first-order chi connectivity index (χ1) is 13.9. The van der Waals surface area contributed by atoms with Crippen LogP contribution in [0, 0.1) is 5.82 Å². The van der Waals surface area contributed by atoms with Gasteiger partial charge in [0.15, 0.2) is 0 Å². The molecule has 1 aliphatic rings. The Balaban J connectivity index is 1.89. The van der Waals surface area contributed by atoms with Crippen molar-refractivity contribution >= 4 is 17.5 Å². The molecule has 0 aromatic heterocycles. The van der Waals surface area contributed by atoms with Crippen molar-refractivity contribution in [2.75, 3.05) is 20.7 Å². The van der Waals surface area contributed by atoms with Crippen molar-refractivity contribution in [3.05, 3.63) is 65.5 Å². The lowest BCUT2D eigenvalue weighted by atomic mass is 9.98. The van der Waals surface area contributed by atoms with Gasteiger partial charge < -0.3 is 9.64 Å². The summed E-state index contributed by atoms with van der Waals surface area (Å²) in [4.78, 5) is 26.2. The van der Waals surface area contributed by atoms with Crippen LogP contribution in [0.3, 0.4) is 0 Å². The van der Waals surface area contributed by atoms with Gasteiger partial charge in [-0.2, -0.15) is 5.10 Å². The Morgan fingerprint density at radius 1 is 1.17 bits per heavy atom. The van der Waals surface area contributed by atoms with E-state index in [2.05, 4.69) is 5.10 Å². The van der Waals surface area contributed by atoms with Crippen LogP contribution in [0.4, 0.5) is 4.39 Å². The first-order valence-electron chi connectivity index (χ1n) is 9.46. The number of halogens is 1. The smallest absolute Gasteiger partial charge is 0.262 e. The summed E-state index contributed by atoms with van der Waals surface area (Å²) >= 11 is 0. The maximum Gasteiger partial charge on any atom is 0.262 e. The molecule has 2 amide bonds. The molecule has 0 N–H and O–H groups in total. The normalized spacial score (nSPS) is 15.8. The van der Waals surface area contributed by atoms with Gasteiger partial charge in [-0.1, -0.05) is 19.1 Å². The molecule has 29 heavy (non-hydrogen) atoms. The predicted octanol–water partition coefficient (Wildman–Crippen LogP) is 3.38. The molecule has 1 aliphatic heterocycles. The van der Waals surface area contributed by atoms with Gasteiger partial charge >= 0.3 is 0 Å². The third-order valence-corrected chi connectivity index (χ3v) is 4.94. The Morgan fingerprint density at radius 3 is 2.41 bits per heavy atom. The molecule has 0 fully saturated rings. The number of amides is 2. The molecule has 152 valence electrons. The molecule has 7 heteroatoms. The molecule has 0 saturated heterocycles. The predicted molar refractivity (Wildman–Crippen MR) is 108 cm³/mol. The van der Waals surface area contributed by atoms with Gasteiger partial charge in [0.25, 0.3) is 5.91 Å². The van der Waals surface area contributed by atoms with Gasteiger partial charge in [-0.25, -0.2) is 9.40 Å². The van der Waals surface area contributed by atoms with E-state index in [1.807, 2.05) is 24.3 Å². The first-order valence-corrected chi connectivity index (χ1v) is 9.46. The summed E-state index contributed by atoms with van der Waals surface area (Å²) in [6.07, 6.45) is 0.820. The Bertz CT molecular complexity index is 910. The number of carbonyl (C=O) groups is 2. The topological polar surface area (TPSA) is 62.2 Å². The minimum Gasteiger partial charge on any atom is -0.497 e. The van der Waals surface area contributed by atoms with Gasteiger partial charge in [0.05, 0.1) is 18.9 Å². The number of ether oxygens (including phenoxy) is 1. The van der Waals surface area contributed by atoms with Crippen LogP contribution in [0.25, 0.3) is 0 Å². The van der Waals surface area contributed by atoms with Crippen LogP contribution in [-0.2, 0) is 9.59 Å². The van der Waals surface area contributed by atoms with Crippen LogP contribution in [0.5, 0.6) is 5.75 Å². The van der Waals surface area contributed by atoms with Gasteiger partial charge in [-0.05, 0) is 47.5 Å². The zero-order valence-corrected chi connectivity index (χ0v) is 16.8. The largest absolute Gasteiger partial charge is 0.497 e. The Kier molecular flexibility index (Phi) is 6.26. The number of likely N-dealkylation sites (N-methyl/N-ethyl adjacent to an activating group) is 1. The summed E-state index contributed by atoms with van der Waals surface area (Å²) < 4.78 is 18.6. The van der Waals surface area contributed by atoms with E-state index in [1.165, 1.54) is 22.0 Å².